The van der Waals surface area contributed by atoms with E-state index in [0.717, 1.165) is 25.3 Å². The molecule has 1 saturated heterocycles. The van der Waals surface area contributed by atoms with Gasteiger partial charge in [-0.3, -0.25) is 14.9 Å². The van der Waals surface area contributed by atoms with Crippen molar-refractivity contribution in [1.29, 1.82) is 0 Å². The number of piperidine rings is 1. The number of nitro benzene ring substituents is 1. The summed E-state index contributed by atoms with van der Waals surface area (Å²) in [7, 11) is 0. The number of nitro groups is 1. The highest BCUT2D eigenvalue weighted by Gasteiger charge is 2.33. The minimum atomic E-state index is -0.966. The molecule has 1 aliphatic heterocycles. The van der Waals surface area contributed by atoms with E-state index in [2.05, 4.69) is 0 Å². The van der Waals surface area contributed by atoms with Crippen LogP contribution in [0.15, 0.2) is 18.2 Å². The Hall–Kier alpha value is -2.64. The highest BCUT2D eigenvalue weighted by atomic mass is 16.6. The Morgan fingerprint density at radius 3 is 2.48 bits per heavy atom. The van der Waals surface area contributed by atoms with Crippen molar-refractivity contribution in [2.45, 2.75) is 58.2 Å². The Bertz CT molecular complexity index is 681. The normalized spacial score (nSPS) is 21.5. The number of amides is 1. The standard InChI is InChI=1S/C17H23N3O5/c1-10-5-4-6-11(2)19(10)16(21)12(3)25-17(22)13-7-8-14(18)15(9-13)20(23)24/h7-12H,4-6,18H2,1-3H3/t10-,11+,12-/m1/s1. The second-order valence-corrected chi connectivity index (χ2v) is 6.45. The van der Waals surface area contributed by atoms with Gasteiger partial charge in [0, 0.05) is 18.2 Å². The molecule has 3 atom stereocenters. The van der Waals surface area contributed by atoms with Crippen LogP contribution in [0, 0.1) is 10.1 Å². The van der Waals surface area contributed by atoms with Crippen molar-refractivity contribution in [3.63, 3.8) is 0 Å². The number of nitrogens with two attached hydrogens (primary N) is 1. The molecule has 0 aliphatic carbocycles. The van der Waals surface area contributed by atoms with Crippen molar-refractivity contribution in [3.05, 3.63) is 33.9 Å². The smallest absolute Gasteiger partial charge is 0.339 e. The highest BCUT2D eigenvalue weighted by molar-refractivity contribution is 5.93. The van der Waals surface area contributed by atoms with Crippen LogP contribution in [0.1, 0.15) is 50.4 Å². The van der Waals surface area contributed by atoms with Gasteiger partial charge in [-0.1, -0.05) is 0 Å². The molecule has 0 spiro atoms. The van der Waals surface area contributed by atoms with E-state index in [9.17, 15) is 19.7 Å². The Morgan fingerprint density at radius 2 is 1.92 bits per heavy atom. The van der Waals surface area contributed by atoms with Gasteiger partial charge in [-0.25, -0.2) is 4.79 Å². The van der Waals surface area contributed by atoms with E-state index < -0.39 is 17.0 Å². The predicted octanol–water partition coefficient (Wildman–Crippen LogP) is 2.51. The van der Waals surface area contributed by atoms with Gasteiger partial charge in [0.25, 0.3) is 11.6 Å². The van der Waals surface area contributed by atoms with Gasteiger partial charge in [0.05, 0.1) is 10.5 Å². The Morgan fingerprint density at radius 1 is 1.32 bits per heavy atom. The van der Waals surface area contributed by atoms with Gasteiger partial charge in [0.1, 0.15) is 5.69 Å². The summed E-state index contributed by atoms with van der Waals surface area (Å²) < 4.78 is 5.23. The lowest BCUT2D eigenvalue weighted by Crippen LogP contribution is -2.51. The number of rotatable bonds is 4. The minimum absolute atomic E-state index is 0.0136. The van der Waals surface area contributed by atoms with Crippen molar-refractivity contribution in [2.24, 2.45) is 0 Å². The van der Waals surface area contributed by atoms with Gasteiger partial charge in [-0.05, 0) is 52.2 Å². The average molecular weight is 349 g/mol. The van der Waals surface area contributed by atoms with Crippen molar-refractivity contribution in [2.75, 3.05) is 5.73 Å². The van der Waals surface area contributed by atoms with Gasteiger partial charge in [0.15, 0.2) is 6.10 Å². The minimum Gasteiger partial charge on any atom is -0.449 e. The largest absolute Gasteiger partial charge is 0.449 e. The molecule has 1 amide bonds. The molecule has 8 nitrogen and oxygen atoms in total. The lowest BCUT2D eigenvalue weighted by atomic mass is 9.97. The maximum atomic E-state index is 12.6. The highest BCUT2D eigenvalue weighted by Crippen LogP contribution is 2.25. The molecule has 25 heavy (non-hydrogen) atoms. The molecule has 0 unspecified atom stereocenters. The summed E-state index contributed by atoms with van der Waals surface area (Å²) in [5, 5.41) is 10.9. The summed E-state index contributed by atoms with van der Waals surface area (Å²) in [6, 6.07) is 3.86. The third kappa shape index (κ3) is 4.07. The zero-order valence-corrected chi connectivity index (χ0v) is 14.6. The molecule has 0 saturated carbocycles. The van der Waals surface area contributed by atoms with Crippen molar-refractivity contribution >= 4 is 23.3 Å². The van der Waals surface area contributed by atoms with E-state index in [1.807, 2.05) is 13.8 Å². The van der Waals surface area contributed by atoms with Crippen molar-refractivity contribution in [1.82, 2.24) is 4.90 Å². The molecule has 8 heteroatoms. The molecular weight excluding hydrogens is 326 g/mol. The molecule has 1 aliphatic rings. The Kier molecular flexibility index (Phi) is 5.61. The number of hydrogen-bond acceptors (Lipinski definition) is 6. The maximum Gasteiger partial charge on any atom is 0.339 e. The molecule has 1 heterocycles. The average Bonchev–Trinajstić information content (AvgIpc) is 2.54. The number of esters is 1. The van der Waals surface area contributed by atoms with E-state index in [0.29, 0.717) is 0 Å². The van der Waals surface area contributed by atoms with Crippen LogP contribution in [0.25, 0.3) is 0 Å². The van der Waals surface area contributed by atoms with E-state index in [1.54, 1.807) is 4.90 Å². The molecule has 0 bridgehead atoms. The summed E-state index contributed by atoms with van der Waals surface area (Å²) in [6.45, 7) is 5.47. The first-order valence-corrected chi connectivity index (χ1v) is 8.29. The number of carbonyl (C=O) groups is 2. The van der Waals surface area contributed by atoms with Gasteiger partial charge < -0.3 is 15.4 Å². The number of carbonyl (C=O) groups excluding carboxylic acids is 2. The summed E-state index contributed by atoms with van der Waals surface area (Å²) in [5.41, 5.74) is 5.09. The number of likely N-dealkylation sites (tertiary alicyclic amines) is 1. The van der Waals surface area contributed by atoms with E-state index in [-0.39, 0.29) is 34.9 Å². The fourth-order valence-corrected chi connectivity index (χ4v) is 3.17. The first-order chi connectivity index (χ1) is 11.7. The Labute approximate surface area is 146 Å². The van der Waals surface area contributed by atoms with Crippen LogP contribution >= 0.6 is 0 Å². The molecule has 2 rings (SSSR count). The molecule has 1 fully saturated rings. The summed E-state index contributed by atoms with van der Waals surface area (Å²) >= 11 is 0. The quantitative estimate of drug-likeness (QED) is 0.386. The number of nitrogens with zero attached hydrogens (tertiary/aromatic N) is 2. The van der Waals surface area contributed by atoms with Gasteiger partial charge in [-0.2, -0.15) is 0 Å². The van der Waals surface area contributed by atoms with Crippen molar-refractivity contribution < 1.29 is 19.2 Å². The van der Waals surface area contributed by atoms with Crippen LogP contribution in [0.2, 0.25) is 0 Å². The zero-order valence-electron chi connectivity index (χ0n) is 14.6. The van der Waals surface area contributed by atoms with Gasteiger partial charge >= 0.3 is 5.97 Å². The monoisotopic (exact) mass is 349 g/mol. The Balaban J connectivity index is 2.10. The number of anilines is 1. The van der Waals surface area contributed by atoms with E-state index in [1.165, 1.54) is 19.1 Å². The maximum absolute atomic E-state index is 12.6. The number of ether oxygens (including phenoxy) is 1. The van der Waals surface area contributed by atoms with Crippen LogP contribution in [-0.2, 0) is 9.53 Å². The van der Waals surface area contributed by atoms with Crippen LogP contribution in [0.5, 0.6) is 0 Å². The van der Waals surface area contributed by atoms with Crippen LogP contribution in [-0.4, -0.2) is 39.9 Å². The summed E-state index contributed by atoms with van der Waals surface area (Å²) in [4.78, 5) is 36.9. The first kappa shape index (κ1) is 18.7. The first-order valence-electron chi connectivity index (χ1n) is 8.29. The molecule has 1 aromatic rings. The van der Waals surface area contributed by atoms with Crippen LogP contribution < -0.4 is 5.73 Å². The van der Waals surface area contributed by atoms with Crippen molar-refractivity contribution in [3.8, 4) is 0 Å². The number of nitrogen functional groups attached to an aromatic ring is 1. The van der Waals surface area contributed by atoms with Crippen LogP contribution in [0.3, 0.4) is 0 Å². The second kappa shape index (κ2) is 7.50. The number of benzene rings is 1. The molecule has 136 valence electrons. The van der Waals surface area contributed by atoms with Crippen LogP contribution in [0.4, 0.5) is 11.4 Å². The lowest BCUT2D eigenvalue weighted by molar-refractivity contribution is -0.383. The summed E-state index contributed by atoms with van der Waals surface area (Å²) in [5.74, 6) is -1.04. The molecular formula is C17H23N3O5. The second-order valence-electron chi connectivity index (χ2n) is 6.45. The third-order valence-electron chi connectivity index (χ3n) is 4.54. The molecule has 0 radical (unpaired) electrons. The zero-order chi connectivity index (χ0) is 18.7. The SMILES string of the molecule is C[C@@H]1CCC[C@H](C)N1C(=O)[C@@H](C)OC(=O)c1ccc(N)c([N+](=O)[O-])c1. The molecule has 2 N–H and O–H groups in total. The van der Waals surface area contributed by atoms with E-state index >= 15 is 0 Å². The third-order valence-corrected chi connectivity index (χ3v) is 4.54. The topological polar surface area (TPSA) is 116 Å². The van der Waals surface area contributed by atoms with Gasteiger partial charge in [-0.15, -0.1) is 0 Å². The van der Waals surface area contributed by atoms with E-state index in [4.69, 9.17) is 10.5 Å². The number of hydrogen-bond donors (Lipinski definition) is 1. The lowest BCUT2D eigenvalue weighted by Gasteiger charge is -2.40. The van der Waals surface area contributed by atoms with Gasteiger partial charge in [0.2, 0.25) is 0 Å². The molecule has 1 aromatic carbocycles. The fourth-order valence-electron chi connectivity index (χ4n) is 3.17. The molecule has 0 aromatic heterocycles. The summed E-state index contributed by atoms with van der Waals surface area (Å²) in [6.07, 6.45) is 1.93. The fraction of sp³-hybridized carbons (Fsp3) is 0.529. The predicted molar refractivity (Wildman–Crippen MR) is 92.0 cm³/mol.